The molecule has 1 aromatic heterocycles. The molecule has 0 bridgehead atoms. The first-order valence-corrected chi connectivity index (χ1v) is 7.68. The van der Waals surface area contributed by atoms with Gasteiger partial charge in [0, 0.05) is 18.5 Å². The number of nitrogens with one attached hydrogen (secondary N) is 1. The zero-order valence-electron chi connectivity index (χ0n) is 12.2. The molecule has 5 nitrogen and oxygen atoms in total. The fourth-order valence-electron chi connectivity index (χ4n) is 3.73. The fourth-order valence-corrected chi connectivity index (χ4v) is 3.73. The van der Waals surface area contributed by atoms with Gasteiger partial charge >= 0.3 is 0 Å². The van der Waals surface area contributed by atoms with Crippen LogP contribution < -0.4 is 11.1 Å². The maximum atomic E-state index is 6.07. The minimum atomic E-state index is 0.488. The highest BCUT2D eigenvalue weighted by Crippen LogP contribution is 2.36. The summed E-state index contributed by atoms with van der Waals surface area (Å²) >= 11 is 0. The Hall–Kier alpha value is -1.72. The maximum Gasteiger partial charge on any atom is 0.145 e. The second kappa shape index (κ2) is 4.93. The summed E-state index contributed by atoms with van der Waals surface area (Å²) in [5, 5.41) is 4.44. The molecule has 1 aromatic carbocycles. The smallest absolute Gasteiger partial charge is 0.145 e. The van der Waals surface area contributed by atoms with Crippen molar-refractivity contribution in [2.24, 2.45) is 5.41 Å². The van der Waals surface area contributed by atoms with E-state index in [9.17, 15) is 0 Å². The van der Waals surface area contributed by atoms with Crippen molar-refractivity contribution in [3.63, 3.8) is 0 Å². The van der Waals surface area contributed by atoms with Crippen LogP contribution in [0.1, 0.15) is 18.7 Å². The second-order valence-corrected chi connectivity index (χ2v) is 6.43. The Morgan fingerprint density at radius 3 is 3.00 bits per heavy atom. The van der Waals surface area contributed by atoms with Crippen LogP contribution in [0.5, 0.6) is 0 Å². The standard InChI is InChI=1S/C16H21N5/c17-15-12-3-1-2-4-13(12)19-14(20-15)9-21-8-6-16(11-21)5-7-18-10-16/h1-4,18H,5-11H2,(H2,17,19,20). The molecule has 2 saturated heterocycles. The molecule has 2 fully saturated rings. The van der Waals surface area contributed by atoms with Gasteiger partial charge < -0.3 is 11.1 Å². The van der Waals surface area contributed by atoms with Gasteiger partial charge in [0.25, 0.3) is 0 Å². The Morgan fingerprint density at radius 2 is 2.14 bits per heavy atom. The quantitative estimate of drug-likeness (QED) is 0.872. The van der Waals surface area contributed by atoms with Crippen LogP contribution >= 0.6 is 0 Å². The molecule has 1 unspecified atom stereocenters. The summed E-state index contributed by atoms with van der Waals surface area (Å²) in [5.41, 5.74) is 7.50. The van der Waals surface area contributed by atoms with Crippen molar-refractivity contribution in [2.75, 3.05) is 31.9 Å². The van der Waals surface area contributed by atoms with Crippen molar-refractivity contribution in [3.05, 3.63) is 30.1 Å². The van der Waals surface area contributed by atoms with Crippen molar-refractivity contribution >= 4 is 16.7 Å². The van der Waals surface area contributed by atoms with E-state index in [4.69, 9.17) is 5.73 Å². The SMILES string of the molecule is Nc1nc(CN2CCC3(CCNC3)C2)nc2ccccc12. The number of likely N-dealkylation sites (tertiary alicyclic amines) is 1. The third kappa shape index (κ3) is 2.36. The van der Waals surface area contributed by atoms with Crippen molar-refractivity contribution in [2.45, 2.75) is 19.4 Å². The Balaban J connectivity index is 1.55. The van der Waals surface area contributed by atoms with Gasteiger partial charge in [-0.15, -0.1) is 0 Å². The average Bonchev–Trinajstić information content (AvgIpc) is 3.10. The molecule has 2 aliphatic heterocycles. The molecular weight excluding hydrogens is 262 g/mol. The molecule has 110 valence electrons. The van der Waals surface area contributed by atoms with Crippen LogP contribution in [0.3, 0.4) is 0 Å². The van der Waals surface area contributed by atoms with Gasteiger partial charge in [0.15, 0.2) is 0 Å². The summed E-state index contributed by atoms with van der Waals surface area (Å²) < 4.78 is 0. The van der Waals surface area contributed by atoms with Crippen molar-refractivity contribution < 1.29 is 0 Å². The number of anilines is 1. The third-order valence-electron chi connectivity index (χ3n) is 4.89. The molecule has 0 radical (unpaired) electrons. The van der Waals surface area contributed by atoms with Crippen LogP contribution in [0, 0.1) is 5.41 Å². The Morgan fingerprint density at radius 1 is 1.24 bits per heavy atom. The second-order valence-electron chi connectivity index (χ2n) is 6.43. The number of hydrogen-bond donors (Lipinski definition) is 2. The van der Waals surface area contributed by atoms with E-state index in [1.807, 2.05) is 24.3 Å². The summed E-state index contributed by atoms with van der Waals surface area (Å²) in [7, 11) is 0. The normalized spacial score (nSPS) is 26.1. The van der Waals surface area contributed by atoms with Crippen LogP contribution in [-0.2, 0) is 6.54 Å². The summed E-state index contributed by atoms with van der Waals surface area (Å²) in [4.78, 5) is 11.6. The number of fused-ring (bicyclic) bond motifs is 1. The van der Waals surface area contributed by atoms with Gasteiger partial charge in [0.05, 0.1) is 12.1 Å². The molecular formula is C16H21N5. The number of nitrogens with two attached hydrogens (primary N) is 1. The van der Waals surface area contributed by atoms with E-state index < -0.39 is 0 Å². The molecule has 3 heterocycles. The molecule has 2 aliphatic rings. The van der Waals surface area contributed by atoms with Gasteiger partial charge in [-0.05, 0) is 43.5 Å². The number of benzene rings is 1. The molecule has 5 heteroatoms. The monoisotopic (exact) mass is 283 g/mol. The van der Waals surface area contributed by atoms with Crippen molar-refractivity contribution in [1.82, 2.24) is 20.2 Å². The maximum absolute atomic E-state index is 6.07. The van der Waals surface area contributed by atoms with E-state index in [0.717, 1.165) is 49.5 Å². The van der Waals surface area contributed by atoms with Crippen LogP contribution in [-0.4, -0.2) is 41.0 Å². The molecule has 0 saturated carbocycles. The number of hydrogen-bond acceptors (Lipinski definition) is 5. The van der Waals surface area contributed by atoms with E-state index in [-0.39, 0.29) is 0 Å². The van der Waals surface area contributed by atoms with Gasteiger partial charge in [-0.1, -0.05) is 12.1 Å². The minimum Gasteiger partial charge on any atom is -0.383 e. The lowest BCUT2D eigenvalue weighted by Gasteiger charge is -2.22. The number of nitrogen functional groups attached to an aromatic ring is 1. The lowest BCUT2D eigenvalue weighted by atomic mass is 9.87. The van der Waals surface area contributed by atoms with Gasteiger partial charge in [0.1, 0.15) is 11.6 Å². The highest BCUT2D eigenvalue weighted by atomic mass is 15.2. The van der Waals surface area contributed by atoms with Crippen molar-refractivity contribution in [1.29, 1.82) is 0 Å². The lowest BCUT2D eigenvalue weighted by Crippen LogP contribution is -2.29. The summed E-state index contributed by atoms with van der Waals surface area (Å²) in [5.74, 6) is 1.43. The van der Waals surface area contributed by atoms with Crippen LogP contribution in [0.25, 0.3) is 10.9 Å². The Labute approximate surface area is 124 Å². The van der Waals surface area contributed by atoms with Gasteiger partial charge in [-0.3, -0.25) is 4.90 Å². The first kappa shape index (κ1) is 13.0. The van der Waals surface area contributed by atoms with E-state index in [1.54, 1.807) is 0 Å². The topological polar surface area (TPSA) is 67.1 Å². The van der Waals surface area contributed by atoms with Crippen molar-refractivity contribution in [3.8, 4) is 0 Å². The largest absolute Gasteiger partial charge is 0.383 e. The molecule has 2 aromatic rings. The lowest BCUT2D eigenvalue weighted by molar-refractivity contribution is 0.264. The molecule has 1 atom stereocenters. The van der Waals surface area contributed by atoms with Crippen LogP contribution in [0.2, 0.25) is 0 Å². The Bertz CT molecular complexity index is 663. The van der Waals surface area contributed by atoms with E-state index in [2.05, 4.69) is 20.2 Å². The van der Waals surface area contributed by atoms with E-state index in [1.165, 1.54) is 12.8 Å². The minimum absolute atomic E-state index is 0.488. The van der Waals surface area contributed by atoms with Crippen LogP contribution in [0.4, 0.5) is 5.82 Å². The first-order chi connectivity index (χ1) is 10.2. The van der Waals surface area contributed by atoms with Gasteiger partial charge in [0.2, 0.25) is 0 Å². The van der Waals surface area contributed by atoms with Gasteiger partial charge in [-0.25, -0.2) is 9.97 Å². The molecule has 3 N–H and O–H groups in total. The molecule has 0 aliphatic carbocycles. The highest BCUT2D eigenvalue weighted by Gasteiger charge is 2.40. The fraction of sp³-hybridized carbons (Fsp3) is 0.500. The zero-order chi connectivity index (χ0) is 14.3. The number of rotatable bonds is 2. The number of aromatic nitrogens is 2. The third-order valence-corrected chi connectivity index (χ3v) is 4.89. The summed E-state index contributed by atoms with van der Waals surface area (Å²) in [6.07, 6.45) is 2.58. The number of para-hydroxylation sites is 1. The Kier molecular flexibility index (Phi) is 3.05. The predicted molar refractivity (Wildman–Crippen MR) is 83.8 cm³/mol. The van der Waals surface area contributed by atoms with Gasteiger partial charge in [-0.2, -0.15) is 0 Å². The molecule has 0 amide bonds. The predicted octanol–water partition coefficient (Wildman–Crippen LogP) is 1.40. The molecule has 4 rings (SSSR count). The van der Waals surface area contributed by atoms with E-state index >= 15 is 0 Å². The zero-order valence-corrected chi connectivity index (χ0v) is 12.2. The molecule has 1 spiro atoms. The summed E-state index contributed by atoms with van der Waals surface area (Å²) in [6, 6.07) is 7.94. The summed E-state index contributed by atoms with van der Waals surface area (Å²) in [6.45, 7) is 5.40. The highest BCUT2D eigenvalue weighted by molar-refractivity contribution is 5.87. The molecule has 21 heavy (non-hydrogen) atoms. The number of nitrogens with zero attached hydrogens (tertiary/aromatic N) is 3. The average molecular weight is 283 g/mol. The van der Waals surface area contributed by atoms with Crippen LogP contribution in [0.15, 0.2) is 24.3 Å². The van der Waals surface area contributed by atoms with E-state index in [0.29, 0.717) is 11.2 Å². The first-order valence-electron chi connectivity index (χ1n) is 7.68.